The van der Waals surface area contributed by atoms with Crippen LogP contribution < -0.4 is 15.5 Å². The Morgan fingerprint density at radius 2 is 1.74 bits per heavy atom. The van der Waals surface area contributed by atoms with Crippen molar-refractivity contribution in [3.63, 3.8) is 0 Å². The number of carbonyl (C=O) groups is 2. The van der Waals surface area contributed by atoms with Crippen LogP contribution in [0.3, 0.4) is 0 Å². The van der Waals surface area contributed by atoms with Crippen LogP contribution in [0.4, 0.5) is 5.69 Å². The second kappa shape index (κ2) is 10.9. The van der Waals surface area contributed by atoms with Crippen molar-refractivity contribution >= 4 is 55.6 Å². The maximum absolute atomic E-state index is 12.2. The van der Waals surface area contributed by atoms with E-state index in [1.807, 2.05) is 31.2 Å². The first-order valence-corrected chi connectivity index (χ1v) is 10.9. The Hall–Kier alpha value is -2.97. The van der Waals surface area contributed by atoms with Crippen molar-refractivity contribution in [2.75, 3.05) is 11.9 Å². The van der Waals surface area contributed by atoms with Crippen LogP contribution in [0, 0.1) is 6.92 Å². The SMILES string of the molecule is Cc1cccc(NC(=O)COc2ccc(Br)cc2/C=N/NC(=O)c2ccc(Br)cc2)c1. The summed E-state index contributed by atoms with van der Waals surface area (Å²) < 4.78 is 7.36. The van der Waals surface area contributed by atoms with Crippen LogP contribution in [0.5, 0.6) is 5.75 Å². The number of aryl methyl sites for hydroxylation is 1. The zero-order chi connectivity index (χ0) is 22.2. The highest BCUT2D eigenvalue weighted by atomic mass is 79.9. The number of rotatable bonds is 7. The van der Waals surface area contributed by atoms with Gasteiger partial charge in [-0.05, 0) is 67.1 Å². The van der Waals surface area contributed by atoms with Crippen LogP contribution in [0.15, 0.2) is 80.8 Å². The number of benzene rings is 3. The molecule has 0 bridgehead atoms. The predicted molar refractivity (Wildman–Crippen MR) is 129 cm³/mol. The Kier molecular flexibility index (Phi) is 7.97. The van der Waals surface area contributed by atoms with Gasteiger partial charge in [-0.3, -0.25) is 9.59 Å². The summed E-state index contributed by atoms with van der Waals surface area (Å²) in [6.07, 6.45) is 1.47. The summed E-state index contributed by atoms with van der Waals surface area (Å²) in [5.41, 5.74) is 5.33. The second-order valence-corrected chi connectivity index (χ2v) is 8.43. The summed E-state index contributed by atoms with van der Waals surface area (Å²) >= 11 is 6.73. The molecule has 158 valence electrons. The van der Waals surface area contributed by atoms with Gasteiger partial charge in [-0.1, -0.05) is 44.0 Å². The molecule has 8 heteroatoms. The summed E-state index contributed by atoms with van der Waals surface area (Å²) in [7, 11) is 0. The van der Waals surface area contributed by atoms with E-state index in [-0.39, 0.29) is 18.4 Å². The third-order valence-corrected chi connectivity index (χ3v) is 5.13. The van der Waals surface area contributed by atoms with Crippen molar-refractivity contribution in [1.29, 1.82) is 0 Å². The van der Waals surface area contributed by atoms with E-state index < -0.39 is 0 Å². The normalized spacial score (nSPS) is 10.7. The van der Waals surface area contributed by atoms with Crippen molar-refractivity contribution in [2.45, 2.75) is 6.92 Å². The first-order chi connectivity index (χ1) is 14.9. The molecule has 3 rings (SSSR count). The molecule has 0 spiro atoms. The molecule has 31 heavy (non-hydrogen) atoms. The average molecular weight is 545 g/mol. The third kappa shape index (κ3) is 7.04. The Balaban J connectivity index is 1.61. The summed E-state index contributed by atoms with van der Waals surface area (Å²) in [6, 6.07) is 19.8. The highest BCUT2D eigenvalue weighted by Crippen LogP contribution is 2.22. The smallest absolute Gasteiger partial charge is 0.271 e. The summed E-state index contributed by atoms with van der Waals surface area (Å²) in [4.78, 5) is 24.4. The number of anilines is 1. The molecule has 0 heterocycles. The number of amides is 2. The van der Waals surface area contributed by atoms with E-state index in [4.69, 9.17) is 4.74 Å². The molecule has 0 fully saturated rings. The molecule has 0 radical (unpaired) electrons. The Bertz CT molecular complexity index is 1120. The zero-order valence-electron chi connectivity index (χ0n) is 16.6. The van der Waals surface area contributed by atoms with Crippen LogP contribution in [0.1, 0.15) is 21.5 Å². The summed E-state index contributed by atoms with van der Waals surface area (Å²) in [5, 5.41) is 6.81. The zero-order valence-corrected chi connectivity index (χ0v) is 19.7. The molecule has 0 unspecified atom stereocenters. The van der Waals surface area contributed by atoms with Gasteiger partial charge >= 0.3 is 0 Å². The predicted octanol–water partition coefficient (Wildman–Crippen LogP) is 5.30. The lowest BCUT2D eigenvalue weighted by Gasteiger charge is -2.10. The molecular formula is C23H19Br2N3O3. The number of halogens is 2. The van der Waals surface area contributed by atoms with Gasteiger partial charge in [0.05, 0.1) is 6.21 Å². The van der Waals surface area contributed by atoms with Crippen molar-refractivity contribution < 1.29 is 14.3 Å². The van der Waals surface area contributed by atoms with Crippen molar-refractivity contribution in [2.24, 2.45) is 5.10 Å². The van der Waals surface area contributed by atoms with Gasteiger partial charge in [-0.2, -0.15) is 5.10 Å². The molecule has 3 aromatic rings. The van der Waals surface area contributed by atoms with Crippen molar-refractivity contribution in [1.82, 2.24) is 5.43 Å². The Morgan fingerprint density at radius 1 is 1.00 bits per heavy atom. The number of hydrazone groups is 1. The first kappa shape index (κ1) is 22.7. The maximum Gasteiger partial charge on any atom is 0.271 e. The van der Waals surface area contributed by atoms with Crippen LogP contribution in [0.2, 0.25) is 0 Å². The maximum atomic E-state index is 12.2. The molecule has 0 atom stereocenters. The fourth-order valence-corrected chi connectivity index (χ4v) is 3.28. The van der Waals surface area contributed by atoms with E-state index in [9.17, 15) is 9.59 Å². The minimum absolute atomic E-state index is 0.165. The van der Waals surface area contributed by atoms with Crippen LogP contribution in [0.25, 0.3) is 0 Å². The molecule has 0 aliphatic rings. The second-order valence-electron chi connectivity index (χ2n) is 6.59. The average Bonchev–Trinajstić information content (AvgIpc) is 2.73. The van der Waals surface area contributed by atoms with Gasteiger partial charge in [-0.15, -0.1) is 0 Å². The number of nitrogens with one attached hydrogen (secondary N) is 2. The van der Waals surface area contributed by atoms with Crippen molar-refractivity contribution in [3.05, 3.63) is 92.4 Å². The van der Waals surface area contributed by atoms with E-state index >= 15 is 0 Å². The Morgan fingerprint density at radius 3 is 2.48 bits per heavy atom. The van der Waals surface area contributed by atoms with Gasteiger partial charge in [0.1, 0.15) is 5.75 Å². The fourth-order valence-electron chi connectivity index (χ4n) is 2.64. The lowest BCUT2D eigenvalue weighted by molar-refractivity contribution is -0.118. The number of hydrogen-bond acceptors (Lipinski definition) is 4. The highest BCUT2D eigenvalue weighted by molar-refractivity contribution is 9.10. The molecular weight excluding hydrogens is 526 g/mol. The molecule has 3 aromatic carbocycles. The van der Waals surface area contributed by atoms with Crippen LogP contribution in [-0.2, 0) is 4.79 Å². The number of hydrogen-bond donors (Lipinski definition) is 2. The minimum atomic E-state index is -0.334. The standard InChI is InChI=1S/C23H19Br2N3O3/c1-15-3-2-4-20(11-15)27-22(29)14-31-21-10-9-19(25)12-17(21)13-26-28-23(30)16-5-7-18(24)8-6-16/h2-13H,14H2,1H3,(H,27,29)(H,28,30)/b26-13+. The highest BCUT2D eigenvalue weighted by Gasteiger charge is 2.08. The molecule has 0 saturated carbocycles. The molecule has 0 aromatic heterocycles. The molecule has 0 aliphatic carbocycles. The summed E-state index contributed by atoms with van der Waals surface area (Å²) in [6.45, 7) is 1.79. The van der Waals surface area contributed by atoms with Gasteiger partial charge in [0.15, 0.2) is 6.61 Å². The van der Waals surface area contributed by atoms with E-state index in [0.29, 0.717) is 22.6 Å². The minimum Gasteiger partial charge on any atom is -0.483 e. The quantitative estimate of drug-likeness (QED) is 0.313. The monoisotopic (exact) mass is 543 g/mol. The number of nitrogens with zero attached hydrogens (tertiary/aromatic N) is 1. The van der Waals surface area contributed by atoms with Crippen molar-refractivity contribution in [3.8, 4) is 5.75 Å². The molecule has 6 nitrogen and oxygen atoms in total. The van der Waals surface area contributed by atoms with Gasteiger partial charge in [0.25, 0.3) is 11.8 Å². The fraction of sp³-hybridized carbons (Fsp3) is 0.0870. The molecule has 0 aliphatic heterocycles. The largest absolute Gasteiger partial charge is 0.483 e. The lowest BCUT2D eigenvalue weighted by atomic mass is 10.2. The van der Waals surface area contributed by atoms with E-state index in [2.05, 4.69) is 47.7 Å². The van der Waals surface area contributed by atoms with Gasteiger partial charge in [-0.25, -0.2) is 5.43 Å². The number of ether oxygens (including phenoxy) is 1. The van der Waals surface area contributed by atoms with Gasteiger partial charge in [0.2, 0.25) is 0 Å². The lowest BCUT2D eigenvalue weighted by Crippen LogP contribution is -2.20. The number of carbonyl (C=O) groups excluding carboxylic acids is 2. The van der Waals surface area contributed by atoms with Crippen LogP contribution in [-0.4, -0.2) is 24.6 Å². The van der Waals surface area contributed by atoms with Crippen LogP contribution >= 0.6 is 31.9 Å². The summed E-state index contributed by atoms with van der Waals surface area (Å²) in [5.74, 6) is -0.150. The van der Waals surface area contributed by atoms with E-state index in [1.165, 1.54) is 6.21 Å². The van der Waals surface area contributed by atoms with E-state index in [1.54, 1.807) is 42.5 Å². The molecule has 2 amide bonds. The first-order valence-electron chi connectivity index (χ1n) is 9.28. The third-order valence-electron chi connectivity index (χ3n) is 4.11. The molecule has 2 N–H and O–H groups in total. The van der Waals surface area contributed by atoms with Gasteiger partial charge in [0, 0.05) is 25.8 Å². The van der Waals surface area contributed by atoms with E-state index in [0.717, 1.165) is 14.5 Å². The Labute approximate surface area is 197 Å². The molecule has 0 saturated heterocycles. The topological polar surface area (TPSA) is 79.8 Å². The van der Waals surface area contributed by atoms with Gasteiger partial charge < -0.3 is 10.1 Å².